The van der Waals surface area contributed by atoms with Gasteiger partial charge < -0.3 is 14.6 Å². The second-order valence-electron chi connectivity index (χ2n) is 5.27. The molecule has 0 bridgehead atoms. The Bertz CT molecular complexity index is 840. The average molecular weight is 370 g/mol. The summed E-state index contributed by atoms with van der Waals surface area (Å²) >= 11 is 5.81. The number of rotatable bonds is 6. The van der Waals surface area contributed by atoms with Crippen LogP contribution in [0.5, 0.6) is 11.5 Å². The molecule has 128 valence electrons. The molecule has 6 nitrogen and oxygen atoms in total. The van der Waals surface area contributed by atoms with Crippen LogP contribution in [0.1, 0.15) is 18.1 Å². The zero-order valence-corrected chi connectivity index (χ0v) is 14.2. The van der Waals surface area contributed by atoms with Gasteiger partial charge in [0.25, 0.3) is 0 Å². The molecule has 1 atom stereocenters. The lowest BCUT2D eigenvalue weighted by atomic mass is 10.1. The Kier molecular flexibility index (Phi) is 4.96. The minimum Gasteiger partial charge on any atom is -0.454 e. The number of ether oxygens (including phenoxy) is 2. The normalized spacial score (nSPS) is 14.6. The summed E-state index contributed by atoms with van der Waals surface area (Å²) < 4.78 is 37.3. The van der Waals surface area contributed by atoms with Gasteiger partial charge >= 0.3 is 0 Å². The molecular formula is C16H16ClNO5S. The minimum atomic E-state index is -3.66. The number of fused-ring (bicyclic) bond motifs is 1. The Morgan fingerprint density at radius 2 is 1.96 bits per heavy atom. The fourth-order valence-electron chi connectivity index (χ4n) is 2.33. The first kappa shape index (κ1) is 17.0. The van der Waals surface area contributed by atoms with Gasteiger partial charge in [0.1, 0.15) is 0 Å². The second-order valence-corrected chi connectivity index (χ2v) is 7.48. The Labute approximate surface area is 145 Å². The van der Waals surface area contributed by atoms with Crippen LogP contribution in [-0.4, -0.2) is 26.9 Å². The molecule has 1 unspecified atom stereocenters. The second kappa shape index (κ2) is 6.98. The molecule has 8 heteroatoms. The van der Waals surface area contributed by atoms with Gasteiger partial charge in [-0.15, -0.1) is 0 Å². The van der Waals surface area contributed by atoms with Crippen LogP contribution in [0.2, 0.25) is 5.02 Å². The maximum atomic E-state index is 12.2. The van der Waals surface area contributed by atoms with Crippen LogP contribution in [0.4, 0.5) is 0 Å². The monoisotopic (exact) mass is 369 g/mol. The Morgan fingerprint density at radius 3 is 2.75 bits per heavy atom. The van der Waals surface area contributed by atoms with Crippen LogP contribution in [-0.2, 0) is 10.0 Å². The molecule has 0 saturated carbocycles. The summed E-state index contributed by atoms with van der Waals surface area (Å²) in [5.41, 5.74) is 0.640. The molecule has 0 radical (unpaired) electrons. The lowest BCUT2D eigenvalue weighted by Crippen LogP contribution is -2.26. The largest absolute Gasteiger partial charge is 0.454 e. The van der Waals surface area contributed by atoms with E-state index in [1.54, 1.807) is 30.3 Å². The van der Waals surface area contributed by atoms with Gasteiger partial charge in [0, 0.05) is 11.6 Å². The first-order valence-corrected chi connectivity index (χ1v) is 9.15. The summed E-state index contributed by atoms with van der Waals surface area (Å²) in [6.45, 7) is 0.249. The molecule has 2 N–H and O–H groups in total. The van der Waals surface area contributed by atoms with Crippen molar-refractivity contribution in [3.05, 3.63) is 53.1 Å². The van der Waals surface area contributed by atoms with Gasteiger partial charge in [-0.05, 0) is 42.3 Å². The third-order valence-electron chi connectivity index (χ3n) is 3.60. The molecule has 2 aromatic carbocycles. The quantitative estimate of drug-likeness (QED) is 0.817. The van der Waals surface area contributed by atoms with E-state index in [2.05, 4.69) is 4.72 Å². The van der Waals surface area contributed by atoms with Crippen molar-refractivity contribution < 1.29 is 23.0 Å². The van der Waals surface area contributed by atoms with Crippen molar-refractivity contribution in [3.63, 3.8) is 0 Å². The zero-order chi connectivity index (χ0) is 17.2. The number of sulfonamides is 1. The molecular weight excluding hydrogens is 354 g/mol. The van der Waals surface area contributed by atoms with Crippen LogP contribution in [0.3, 0.4) is 0 Å². The van der Waals surface area contributed by atoms with Gasteiger partial charge in [-0.2, -0.15) is 0 Å². The molecule has 0 fully saturated rings. The summed E-state index contributed by atoms with van der Waals surface area (Å²) in [6.07, 6.45) is -0.596. The fourth-order valence-corrected chi connectivity index (χ4v) is 3.68. The number of halogens is 1. The maximum Gasteiger partial charge on any atom is 0.240 e. The summed E-state index contributed by atoms with van der Waals surface area (Å²) in [6, 6.07) is 11.1. The van der Waals surface area contributed by atoms with Crippen molar-refractivity contribution >= 4 is 21.6 Å². The number of hydrogen-bond donors (Lipinski definition) is 2. The van der Waals surface area contributed by atoms with Crippen LogP contribution in [0.25, 0.3) is 0 Å². The van der Waals surface area contributed by atoms with E-state index >= 15 is 0 Å². The summed E-state index contributed by atoms with van der Waals surface area (Å²) in [5.74, 6) is 1.21. The average Bonchev–Trinajstić information content (AvgIpc) is 3.02. The number of benzene rings is 2. The molecule has 0 amide bonds. The summed E-state index contributed by atoms with van der Waals surface area (Å²) in [5, 5.41) is 10.6. The standard InChI is InChI=1S/C16H16ClNO5S/c17-12-2-1-3-13(9-12)24(20,21)18-7-6-14(19)11-4-5-15-16(8-11)23-10-22-15/h1-5,8-9,14,18-19H,6-7,10H2. The van der Waals surface area contributed by atoms with Crippen molar-refractivity contribution in [2.45, 2.75) is 17.4 Å². The van der Waals surface area contributed by atoms with Crippen LogP contribution < -0.4 is 14.2 Å². The number of hydrogen-bond acceptors (Lipinski definition) is 5. The van der Waals surface area contributed by atoms with Crippen molar-refractivity contribution in [3.8, 4) is 11.5 Å². The predicted octanol–water partition coefficient (Wildman–Crippen LogP) is 2.47. The third kappa shape index (κ3) is 3.81. The van der Waals surface area contributed by atoms with Crippen molar-refractivity contribution in [2.24, 2.45) is 0 Å². The third-order valence-corrected chi connectivity index (χ3v) is 5.29. The molecule has 1 heterocycles. The zero-order valence-electron chi connectivity index (χ0n) is 12.6. The lowest BCUT2D eigenvalue weighted by molar-refractivity contribution is 0.166. The highest BCUT2D eigenvalue weighted by atomic mass is 35.5. The number of aliphatic hydroxyl groups is 1. The first-order chi connectivity index (χ1) is 11.5. The van der Waals surface area contributed by atoms with E-state index in [0.29, 0.717) is 22.1 Å². The molecule has 24 heavy (non-hydrogen) atoms. The molecule has 2 aromatic rings. The smallest absolute Gasteiger partial charge is 0.240 e. The number of aliphatic hydroxyl groups excluding tert-OH is 1. The first-order valence-electron chi connectivity index (χ1n) is 7.28. The van der Waals surface area contributed by atoms with E-state index in [1.165, 1.54) is 12.1 Å². The van der Waals surface area contributed by atoms with Crippen LogP contribution in [0, 0.1) is 0 Å². The van der Waals surface area contributed by atoms with Gasteiger partial charge in [-0.1, -0.05) is 23.7 Å². The van der Waals surface area contributed by atoms with Crippen LogP contribution in [0.15, 0.2) is 47.4 Å². The van der Waals surface area contributed by atoms with Gasteiger partial charge in [-0.3, -0.25) is 0 Å². The highest BCUT2D eigenvalue weighted by molar-refractivity contribution is 7.89. The Balaban J connectivity index is 1.59. The van der Waals surface area contributed by atoms with E-state index in [9.17, 15) is 13.5 Å². The predicted molar refractivity (Wildman–Crippen MR) is 88.8 cm³/mol. The maximum absolute atomic E-state index is 12.2. The summed E-state index contributed by atoms with van der Waals surface area (Å²) in [7, 11) is -3.66. The summed E-state index contributed by atoms with van der Waals surface area (Å²) in [4.78, 5) is 0.0903. The van der Waals surface area contributed by atoms with Gasteiger partial charge in [0.15, 0.2) is 11.5 Å². The molecule has 0 spiro atoms. The molecule has 0 aromatic heterocycles. The molecule has 1 aliphatic rings. The fraction of sp³-hybridized carbons (Fsp3) is 0.250. The van der Waals surface area contributed by atoms with Gasteiger partial charge in [0.05, 0.1) is 11.0 Å². The number of nitrogens with one attached hydrogen (secondary N) is 1. The highest BCUT2D eigenvalue weighted by Gasteiger charge is 2.18. The Morgan fingerprint density at radius 1 is 1.17 bits per heavy atom. The van der Waals surface area contributed by atoms with E-state index in [1.807, 2.05) is 0 Å². The van der Waals surface area contributed by atoms with Gasteiger partial charge in [-0.25, -0.2) is 13.1 Å². The lowest BCUT2D eigenvalue weighted by Gasteiger charge is -2.12. The van der Waals surface area contributed by atoms with E-state index in [0.717, 1.165) is 0 Å². The van der Waals surface area contributed by atoms with Crippen LogP contribution >= 0.6 is 11.6 Å². The molecule has 0 aliphatic carbocycles. The van der Waals surface area contributed by atoms with Crippen molar-refractivity contribution in [1.29, 1.82) is 0 Å². The van der Waals surface area contributed by atoms with E-state index in [-0.39, 0.29) is 24.7 Å². The molecule has 3 rings (SSSR count). The highest BCUT2D eigenvalue weighted by Crippen LogP contribution is 2.34. The molecule has 1 aliphatic heterocycles. The topological polar surface area (TPSA) is 84.9 Å². The van der Waals surface area contributed by atoms with E-state index < -0.39 is 16.1 Å². The van der Waals surface area contributed by atoms with E-state index in [4.69, 9.17) is 21.1 Å². The SMILES string of the molecule is O=S(=O)(NCCC(O)c1ccc2c(c1)OCO2)c1cccc(Cl)c1. The van der Waals surface area contributed by atoms with Crippen molar-refractivity contribution in [1.82, 2.24) is 4.72 Å². The Hall–Kier alpha value is -1.80. The molecule has 0 saturated heterocycles. The van der Waals surface area contributed by atoms with Gasteiger partial charge in [0.2, 0.25) is 16.8 Å². The minimum absolute atomic E-state index is 0.0878. The van der Waals surface area contributed by atoms with Crippen molar-refractivity contribution in [2.75, 3.05) is 13.3 Å².